The molecule has 171 valence electrons. The van der Waals surface area contributed by atoms with E-state index in [4.69, 9.17) is 0 Å². The van der Waals surface area contributed by atoms with E-state index in [1.807, 2.05) is 0 Å². The normalized spacial score (nSPS) is 13.8. The summed E-state index contributed by atoms with van der Waals surface area (Å²) in [4.78, 5) is 0. The topological polar surface area (TPSA) is 0 Å². The number of hydrogen-bond donors (Lipinski definition) is 0. The van der Waals surface area contributed by atoms with Crippen molar-refractivity contribution >= 4 is 15.8 Å². The maximum Gasteiger partial charge on any atom is 0 e. The van der Waals surface area contributed by atoms with Crippen LogP contribution in [0.15, 0.2) is 6.07 Å². The van der Waals surface area contributed by atoms with Crippen LogP contribution in [0, 0.1) is 19.9 Å². The molecule has 0 nitrogen and oxygen atoms in total. The van der Waals surface area contributed by atoms with Crippen LogP contribution in [0.2, 0.25) is 0 Å². The molecule has 0 aliphatic rings. The van der Waals surface area contributed by atoms with Gasteiger partial charge in [0.15, 0.2) is 0 Å². The van der Waals surface area contributed by atoms with Crippen molar-refractivity contribution < 1.29 is 19.5 Å². The van der Waals surface area contributed by atoms with Gasteiger partial charge in [-0.2, -0.15) is 34.4 Å². The van der Waals surface area contributed by atoms with Gasteiger partial charge in [0.2, 0.25) is 0 Å². The Hall–Kier alpha value is 0.703. The van der Waals surface area contributed by atoms with Crippen LogP contribution in [0.4, 0.5) is 0 Å². The maximum absolute atomic E-state index is 3.96. The largest absolute Gasteiger partial charge is 0.176 e. The van der Waals surface area contributed by atoms with Crippen molar-refractivity contribution in [2.24, 2.45) is 0 Å². The Labute approximate surface area is 199 Å². The van der Waals surface area contributed by atoms with Crippen molar-refractivity contribution in [2.75, 3.05) is 0 Å². The summed E-state index contributed by atoms with van der Waals surface area (Å²) < 4.78 is 0. The average molecular weight is 525 g/mol. The van der Waals surface area contributed by atoms with E-state index in [0.717, 1.165) is 0 Å². The first-order chi connectivity index (χ1) is 12.2. The fraction of sp³-hybridized carbons (Fsp3) is 0.769. The molecular weight excluding hydrogens is 477 g/mol. The fourth-order valence-corrected chi connectivity index (χ4v) is 11.7. The van der Waals surface area contributed by atoms with Gasteiger partial charge >= 0.3 is 0 Å². The Morgan fingerprint density at radius 1 is 0.586 bits per heavy atom. The maximum atomic E-state index is 3.96. The molecule has 0 bridgehead atoms. The molecule has 0 amide bonds. The summed E-state index contributed by atoms with van der Waals surface area (Å²) in [5.74, 6) is 0. The molecule has 1 aromatic rings. The van der Waals surface area contributed by atoms with Crippen molar-refractivity contribution in [3.05, 3.63) is 34.4 Å². The van der Waals surface area contributed by atoms with Crippen LogP contribution in [0.3, 0.4) is 0 Å². The number of aryl methyl sites for hydroxylation is 2. The minimum atomic E-state index is -0.149. The molecule has 0 aliphatic heterocycles. The Bertz CT molecular complexity index is 581. The molecule has 0 unspecified atom stereocenters. The Kier molecular flexibility index (Phi) is 10.3. The van der Waals surface area contributed by atoms with E-state index in [1.54, 1.807) is 0 Å². The summed E-state index contributed by atoms with van der Waals surface area (Å²) in [5, 5.41) is 1.40. The Morgan fingerprint density at radius 3 is 1.03 bits per heavy atom. The van der Waals surface area contributed by atoms with Gasteiger partial charge in [-0.3, -0.25) is 0 Å². The van der Waals surface area contributed by atoms with Crippen LogP contribution >= 0.6 is 15.8 Å². The average Bonchev–Trinajstić information content (AvgIpc) is 2.39. The fourth-order valence-electron chi connectivity index (χ4n) is 4.48. The van der Waals surface area contributed by atoms with Gasteiger partial charge < -0.3 is 0 Å². The molecule has 0 aliphatic carbocycles. The van der Waals surface area contributed by atoms with Crippen molar-refractivity contribution in [3.63, 3.8) is 0 Å². The third-order valence-electron chi connectivity index (χ3n) is 5.56. The first kappa shape index (κ1) is 29.7. The summed E-state index contributed by atoms with van der Waals surface area (Å²) in [7, 11) is -0.297. The monoisotopic (exact) mass is 524 g/mol. The zero-order chi connectivity index (χ0) is 22.3. The Balaban J connectivity index is 0.00000784. The SMILES string of the molecule is Cc1cc(C)c(CP(C(C)(C)C)C(C)(C)C)[c-]c1CP(C(C)(C)C)C(C)(C)C.[Rh]. The third-order valence-corrected chi connectivity index (χ3v) is 13.3. The van der Waals surface area contributed by atoms with E-state index in [2.05, 4.69) is 109 Å². The number of hydrogen-bond acceptors (Lipinski definition) is 0. The second kappa shape index (κ2) is 10.1. The molecule has 0 aromatic heterocycles. The molecule has 29 heavy (non-hydrogen) atoms. The molecule has 0 fully saturated rings. The molecule has 0 saturated carbocycles. The van der Waals surface area contributed by atoms with E-state index in [1.165, 1.54) is 34.6 Å². The van der Waals surface area contributed by atoms with Gasteiger partial charge in [0.25, 0.3) is 0 Å². The molecule has 1 aromatic carbocycles. The quantitative estimate of drug-likeness (QED) is 0.209. The van der Waals surface area contributed by atoms with Crippen molar-refractivity contribution in [2.45, 2.75) is 130 Å². The van der Waals surface area contributed by atoms with Crippen LogP contribution in [0.25, 0.3) is 0 Å². The number of benzene rings is 1. The predicted octanol–water partition coefficient (Wildman–Crippen LogP) is 9.26. The summed E-state index contributed by atoms with van der Waals surface area (Å²) in [6.07, 6.45) is 2.37. The van der Waals surface area contributed by atoms with Gasteiger partial charge in [-0.25, -0.2) is 0 Å². The molecule has 3 heteroatoms. The molecular formula is C26H47P2Rh-. The first-order valence-corrected chi connectivity index (χ1v) is 13.9. The zero-order valence-electron chi connectivity index (χ0n) is 21.7. The second-order valence-corrected chi connectivity index (χ2v) is 20.2. The van der Waals surface area contributed by atoms with Crippen molar-refractivity contribution in [3.8, 4) is 0 Å². The summed E-state index contributed by atoms with van der Waals surface area (Å²) in [6.45, 7) is 33.7. The van der Waals surface area contributed by atoms with E-state index in [-0.39, 0.29) is 35.3 Å². The molecule has 0 saturated heterocycles. The Morgan fingerprint density at radius 2 is 0.828 bits per heavy atom. The smallest absolute Gasteiger partial charge is 0 e. The van der Waals surface area contributed by atoms with Crippen LogP contribution in [-0.4, -0.2) is 20.6 Å². The van der Waals surface area contributed by atoms with Crippen LogP contribution < -0.4 is 0 Å². The van der Waals surface area contributed by atoms with E-state index in [0.29, 0.717) is 20.6 Å². The molecule has 0 spiro atoms. The molecule has 0 atom stereocenters. The van der Waals surface area contributed by atoms with Gasteiger partial charge in [-0.05, 0) is 32.9 Å². The van der Waals surface area contributed by atoms with Gasteiger partial charge in [-0.1, -0.05) is 113 Å². The van der Waals surface area contributed by atoms with E-state index >= 15 is 0 Å². The van der Waals surface area contributed by atoms with E-state index < -0.39 is 0 Å². The van der Waals surface area contributed by atoms with Crippen molar-refractivity contribution in [1.82, 2.24) is 0 Å². The van der Waals surface area contributed by atoms with Gasteiger partial charge in [-0.15, -0.1) is 0 Å². The summed E-state index contributed by atoms with van der Waals surface area (Å²) in [6, 6.07) is 6.39. The van der Waals surface area contributed by atoms with Crippen molar-refractivity contribution in [1.29, 1.82) is 0 Å². The van der Waals surface area contributed by atoms with Crippen LogP contribution in [0.5, 0.6) is 0 Å². The number of rotatable bonds is 4. The summed E-state index contributed by atoms with van der Waals surface area (Å²) >= 11 is 0. The molecule has 0 N–H and O–H groups in total. The molecule has 1 rings (SSSR count). The minimum absolute atomic E-state index is 0. The molecule has 0 heterocycles. The standard InChI is InChI=1S/C26H47P2.Rh/c1-19-15-20(2)22(18-28(25(9,10)11)26(12,13)14)16-21(19)17-27(23(3,4)5)24(6,7)8;/h15H,17-18H2,1-14H3;/q-1;. The van der Waals surface area contributed by atoms with Gasteiger partial charge in [0, 0.05) is 19.5 Å². The first-order valence-electron chi connectivity index (χ1n) is 10.8. The van der Waals surface area contributed by atoms with Crippen LogP contribution in [-0.2, 0) is 31.8 Å². The second-order valence-electron chi connectivity index (χ2n) is 12.4. The summed E-state index contributed by atoms with van der Waals surface area (Å²) in [5.41, 5.74) is 5.79. The van der Waals surface area contributed by atoms with E-state index in [9.17, 15) is 0 Å². The third kappa shape index (κ3) is 8.63. The van der Waals surface area contributed by atoms with Gasteiger partial charge in [0.1, 0.15) is 0 Å². The van der Waals surface area contributed by atoms with Crippen LogP contribution in [0.1, 0.15) is 105 Å². The zero-order valence-corrected chi connectivity index (χ0v) is 25.1. The predicted molar refractivity (Wildman–Crippen MR) is 135 cm³/mol. The molecule has 1 radical (unpaired) electrons. The minimum Gasteiger partial charge on any atom is -0.176 e. The van der Waals surface area contributed by atoms with Gasteiger partial charge in [0.05, 0.1) is 0 Å².